The number of aromatic nitrogens is 1. The molecule has 7 heteroatoms. The topological polar surface area (TPSA) is 63.1 Å². The number of nitrogens with zero attached hydrogens (tertiary/aromatic N) is 1. The number of benzene rings is 3. The highest BCUT2D eigenvalue weighted by molar-refractivity contribution is 5.91. The maximum atomic E-state index is 13.7. The Morgan fingerprint density at radius 3 is 2.34 bits per heavy atom. The van der Waals surface area contributed by atoms with Crippen LogP contribution in [-0.2, 0) is 16.1 Å². The van der Waals surface area contributed by atoms with Gasteiger partial charge in [0.05, 0.1) is 0 Å². The van der Waals surface area contributed by atoms with Gasteiger partial charge < -0.3 is 15.2 Å². The molecule has 0 saturated carbocycles. The van der Waals surface area contributed by atoms with Crippen molar-refractivity contribution in [2.45, 2.75) is 12.6 Å². The lowest BCUT2D eigenvalue weighted by atomic mass is 10.1. The molecule has 1 heterocycles. The Hall–Kier alpha value is -4.00. The molecular weight excluding hydrogens is 412 g/mol. The van der Waals surface area contributed by atoms with Crippen LogP contribution in [0.25, 0.3) is 22.2 Å². The summed E-state index contributed by atoms with van der Waals surface area (Å²) in [7, 11) is 1.41. The van der Waals surface area contributed by atoms with Crippen molar-refractivity contribution < 1.29 is 18.4 Å². The summed E-state index contributed by atoms with van der Waals surface area (Å²) in [5.74, 6) is -3.10. The third-order valence-corrected chi connectivity index (χ3v) is 5.27. The molecule has 0 aliphatic rings. The highest BCUT2D eigenvalue weighted by atomic mass is 19.2. The fraction of sp³-hybridized carbons (Fsp3) is 0.120. The van der Waals surface area contributed by atoms with Gasteiger partial charge in [-0.2, -0.15) is 0 Å². The van der Waals surface area contributed by atoms with E-state index in [1.54, 1.807) is 0 Å². The summed E-state index contributed by atoms with van der Waals surface area (Å²) in [4.78, 5) is 25.4. The number of hydrogen-bond acceptors (Lipinski definition) is 2. The van der Waals surface area contributed by atoms with Crippen molar-refractivity contribution in [1.82, 2.24) is 15.2 Å². The van der Waals surface area contributed by atoms with Crippen LogP contribution in [0.2, 0.25) is 0 Å². The minimum absolute atomic E-state index is 0.0606. The highest BCUT2D eigenvalue weighted by Crippen LogP contribution is 2.28. The van der Waals surface area contributed by atoms with E-state index < -0.39 is 29.5 Å². The van der Waals surface area contributed by atoms with E-state index in [1.807, 2.05) is 65.2 Å². The molecule has 0 bridgehead atoms. The first-order valence-electron chi connectivity index (χ1n) is 10.1. The van der Waals surface area contributed by atoms with E-state index in [9.17, 15) is 18.4 Å². The van der Waals surface area contributed by atoms with Crippen LogP contribution < -0.4 is 10.6 Å². The molecule has 2 N–H and O–H groups in total. The molecule has 0 spiro atoms. The third-order valence-electron chi connectivity index (χ3n) is 5.27. The minimum Gasteiger partial charge on any atom is -0.357 e. The zero-order valence-corrected chi connectivity index (χ0v) is 17.3. The number of fused-ring (bicyclic) bond motifs is 1. The van der Waals surface area contributed by atoms with E-state index in [1.165, 1.54) is 13.1 Å². The van der Waals surface area contributed by atoms with Crippen LogP contribution >= 0.6 is 0 Å². The number of rotatable bonds is 6. The molecule has 2 amide bonds. The van der Waals surface area contributed by atoms with Gasteiger partial charge in [0.25, 0.3) is 0 Å². The number of hydrogen-bond donors (Lipinski definition) is 2. The number of para-hydroxylation sites is 1. The van der Waals surface area contributed by atoms with E-state index in [-0.39, 0.29) is 12.1 Å². The number of carbonyl (C=O) groups is 2. The van der Waals surface area contributed by atoms with Gasteiger partial charge in [0, 0.05) is 23.6 Å². The Morgan fingerprint density at radius 1 is 0.906 bits per heavy atom. The molecule has 1 atom stereocenters. The van der Waals surface area contributed by atoms with Crippen molar-refractivity contribution in [2.75, 3.05) is 7.05 Å². The van der Waals surface area contributed by atoms with Gasteiger partial charge >= 0.3 is 0 Å². The van der Waals surface area contributed by atoms with Crippen LogP contribution in [0.5, 0.6) is 0 Å². The fourth-order valence-corrected chi connectivity index (χ4v) is 3.72. The lowest BCUT2D eigenvalue weighted by Crippen LogP contribution is -2.40. The van der Waals surface area contributed by atoms with Crippen molar-refractivity contribution in [2.24, 2.45) is 0 Å². The molecule has 5 nitrogen and oxygen atoms in total. The average Bonchev–Trinajstić information content (AvgIpc) is 3.18. The van der Waals surface area contributed by atoms with Crippen LogP contribution in [-0.4, -0.2) is 23.4 Å². The van der Waals surface area contributed by atoms with Gasteiger partial charge in [0.15, 0.2) is 11.6 Å². The molecule has 1 unspecified atom stereocenters. The predicted molar refractivity (Wildman–Crippen MR) is 119 cm³/mol. The summed E-state index contributed by atoms with van der Waals surface area (Å²) in [5.41, 5.74) is 2.81. The van der Waals surface area contributed by atoms with Gasteiger partial charge in [-0.15, -0.1) is 0 Å². The van der Waals surface area contributed by atoms with Gasteiger partial charge in [0.2, 0.25) is 11.8 Å². The second kappa shape index (κ2) is 9.01. The molecule has 4 aromatic rings. The van der Waals surface area contributed by atoms with Crippen molar-refractivity contribution in [3.8, 4) is 11.3 Å². The molecule has 4 rings (SSSR count). The molecule has 0 fully saturated rings. The maximum Gasteiger partial charge on any atom is 0.246 e. The Labute approximate surface area is 183 Å². The second-order valence-corrected chi connectivity index (χ2v) is 7.33. The van der Waals surface area contributed by atoms with Crippen LogP contribution in [0.4, 0.5) is 8.78 Å². The zero-order valence-electron chi connectivity index (χ0n) is 17.3. The summed E-state index contributed by atoms with van der Waals surface area (Å²) in [6.07, 6.45) is 0. The lowest BCUT2D eigenvalue weighted by Gasteiger charge is -2.19. The number of carbonyl (C=O) groups excluding carboxylic acids is 2. The van der Waals surface area contributed by atoms with E-state index in [0.717, 1.165) is 34.3 Å². The van der Waals surface area contributed by atoms with Crippen LogP contribution in [0.3, 0.4) is 0 Å². The molecule has 0 aliphatic heterocycles. The normalized spacial score (nSPS) is 11.8. The second-order valence-electron chi connectivity index (χ2n) is 7.33. The highest BCUT2D eigenvalue weighted by Gasteiger charge is 2.24. The van der Waals surface area contributed by atoms with E-state index in [4.69, 9.17) is 0 Å². The first-order valence-corrected chi connectivity index (χ1v) is 10.1. The smallest absolute Gasteiger partial charge is 0.246 e. The van der Waals surface area contributed by atoms with Gasteiger partial charge in [-0.25, -0.2) is 8.78 Å². The Morgan fingerprint density at radius 2 is 1.62 bits per heavy atom. The first-order chi connectivity index (χ1) is 15.5. The summed E-state index contributed by atoms with van der Waals surface area (Å²) in [6.45, 7) is -0.0606. The summed E-state index contributed by atoms with van der Waals surface area (Å²) < 4.78 is 29.0. The largest absolute Gasteiger partial charge is 0.357 e. The molecule has 0 aliphatic carbocycles. The lowest BCUT2D eigenvalue weighted by molar-refractivity contribution is -0.129. The molecule has 3 aromatic carbocycles. The minimum atomic E-state index is -1.16. The monoisotopic (exact) mass is 433 g/mol. The SMILES string of the molecule is CNC(=O)C(NC(=O)Cn1c(-c2ccccc2)cc2ccccc21)c1ccc(F)c(F)c1. The average molecular weight is 433 g/mol. The van der Waals surface area contributed by atoms with Crippen LogP contribution in [0.1, 0.15) is 11.6 Å². The van der Waals surface area contributed by atoms with Crippen LogP contribution in [0.15, 0.2) is 78.9 Å². The summed E-state index contributed by atoms with van der Waals surface area (Å²) in [5, 5.41) is 6.08. The summed E-state index contributed by atoms with van der Waals surface area (Å²) >= 11 is 0. The van der Waals surface area contributed by atoms with E-state index in [2.05, 4.69) is 10.6 Å². The molecule has 0 saturated heterocycles. The van der Waals surface area contributed by atoms with E-state index in [0.29, 0.717) is 0 Å². The third kappa shape index (κ3) is 4.23. The molecule has 32 heavy (non-hydrogen) atoms. The number of likely N-dealkylation sites (N-methyl/N-ethyl adjacent to an activating group) is 1. The van der Waals surface area contributed by atoms with Gasteiger partial charge in [-0.1, -0.05) is 54.6 Å². The zero-order chi connectivity index (χ0) is 22.7. The molecule has 0 radical (unpaired) electrons. The quantitative estimate of drug-likeness (QED) is 0.479. The van der Waals surface area contributed by atoms with Crippen molar-refractivity contribution >= 4 is 22.7 Å². The molecule has 1 aromatic heterocycles. The van der Waals surface area contributed by atoms with Crippen molar-refractivity contribution in [3.63, 3.8) is 0 Å². The van der Waals surface area contributed by atoms with Crippen LogP contribution in [0, 0.1) is 11.6 Å². The predicted octanol–water partition coefficient (Wildman–Crippen LogP) is 4.19. The van der Waals surface area contributed by atoms with E-state index >= 15 is 0 Å². The van der Waals surface area contributed by atoms with Gasteiger partial charge in [0.1, 0.15) is 12.6 Å². The number of amides is 2. The van der Waals surface area contributed by atoms with Crippen molar-refractivity contribution in [3.05, 3.63) is 96.1 Å². The first kappa shape index (κ1) is 21.2. The Kier molecular flexibility index (Phi) is 5.98. The number of nitrogens with one attached hydrogen (secondary N) is 2. The standard InChI is InChI=1S/C25H21F2N3O2/c1-28-25(32)24(18-11-12-19(26)20(27)13-18)29-23(31)15-30-21-10-6-5-9-17(21)14-22(30)16-7-3-2-4-8-16/h2-14,24H,15H2,1H3,(H,28,32)(H,29,31). The molecule has 162 valence electrons. The molecular formula is C25H21F2N3O2. The summed E-state index contributed by atoms with van der Waals surface area (Å²) in [6, 6.07) is 21.3. The Bertz CT molecular complexity index is 1290. The Balaban J connectivity index is 1.67. The van der Waals surface area contributed by atoms with Gasteiger partial charge in [-0.3, -0.25) is 9.59 Å². The van der Waals surface area contributed by atoms with Gasteiger partial charge in [-0.05, 0) is 35.4 Å². The maximum absolute atomic E-state index is 13.7. The number of halogens is 2. The fourth-order valence-electron chi connectivity index (χ4n) is 3.72. The van der Waals surface area contributed by atoms with Crippen molar-refractivity contribution in [1.29, 1.82) is 0 Å².